The highest BCUT2D eigenvalue weighted by Crippen LogP contribution is 2.41. The minimum Gasteiger partial charge on any atom is -0.493 e. The largest absolute Gasteiger partial charge is 0.493 e. The second-order valence-electron chi connectivity index (χ2n) is 10.2. The van der Waals surface area contributed by atoms with Crippen molar-refractivity contribution in [3.63, 3.8) is 0 Å². The van der Waals surface area contributed by atoms with Gasteiger partial charge in [-0.1, -0.05) is 27.3 Å². The Labute approximate surface area is 270 Å². The highest BCUT2D eigenvalue weighted by atomic mass is 79.9. The second kappa shape index (κ2) is 12.9. The van der Waals surface area contributed by atoms with E-state index in [1.54, 1.807) is 58.0 Å². The first-order chi connectivity index (χ1) is 21.5. The van der Waals surface area contributed by atoms with E-state index < -0.39 is 22.5 Å². The van der Waals surface area contributed by atoms with Crippen LogP contribution >= 0.6 is 27.3 Å². The number of ether oxygens (including phenoxy) is 3. The maximum absolute atomic E-state index is 14.1. The summed E-state index contributed by atoms with van der Waals surface area (Å²) in [5.41, 5.74) is 2.73. The molecule has 0 fully saturated rings. The molecule has 11 nitrogen and oxygen atoms in total. The van der Waals surface area contributed by atoms with Crippen LogP contribution in [0.15, 0.2) is 66.3 Å². The Morgan fingerprint density at radius 1 is 1.16 bits per heavy atom. The molecule has 13 heteroatoms. The number of fused-ring (bicyclic) bond motifs is 1. The minimum absolute atomic E-state index is 0.00103. The van der Waals surface area contributed by atoms with Crippen LogP contribution in [0.2, 0.25) is 0 Å². The Bertz CT molecular complexity index is 2060. The average Bonchev–Trinajstić information content (AvgIpc) is 3.58. The number of thiazole rings is 1. The quantitative estimate of drug-likeness (QED) is 0.123. The number of carbonyl (C=O) groups is 1. The van der Waals surface area contributed by atoms with E-state index in [4.69, 9.17) is 18.6 Å². The van der Waals surface area contributed by atoms with Crippen LogP contribution in [0, 0.1) is 24.0 Å². The molecule has 1 aliphatic heterocycles. The van der Waals surface area contributed by atoms with Gasteiger partial charge in [-0.25, -0.2) is 9.79 Å². The normalized spacial score (nSPS) is 14.6. The molecule has 0 unspecified atom stereocenters. The third-order valence-corrected chi connectivity index (χ3v) is 9.09. The minimum atomic E-state index is -0.885. The fraction of sp³-hybridized carbons (Fsp3) is 0.281. The lowest BCUT2D eigenvalue weighted by molar-refractivity contribution is -0.385. The molecule has 1 aliphatic rings. The summed E-state index contributed by atoms with van der Waals surface area (Å²) in [5, 5.41) is 11.6. The van der Waals surface area contributed by atoms with Crippen molar-refractivity contribution < 1.29 is 28.3 Å². The summed E-state index contributed by atoms with van der Waals surface area (Å²) in [4.78, 5) is 43.5. The molecule has 0 saturated carbocycles. The summed E-state index contributed by atoms with van der Waals surface area (Å²) in [5.74, 6) is 1.15. The van der Waals surface area contributed by atoms with Gasteiger partial charge in [-0.2, -0.15) is 0 Å². The van der Waals surface area contributed by atoms with Crippen molar-refractivity contribution in [2.75, 3.05) is 20.3 Å². The number of nitro groups is 1. The summed E-state index contributed by atoms with van der Waals surface area (Å²) < 4.78 is 25.1. The van der Waals surface area contributed by atoms with Crippen molar-refractivity contribution in [2.24, 2.45) is 4.99 Å². The van der Waals surface area contributed by atoms with E-state index in [2.05, 4.69) is 20.9 Å². The molecule has 0 N–H and O–H groups in total. The first-order valence-corrected chi connectivity index (χ1v) is 15.7. The molecule has 2 aromatic heterocycles. The van der Waals surface area contributed by atoms with E-state index >= 15 is 0 Å². The molecule has 0 saturated heterocycles. The molecule has 0 spiro atoms. The maximum atomic E-state index is 14.1. The van der Waals surface area contributed by atoms with Crippen LogP contribution in [0.3, 0.4) is 0 Å². The summed E-state index contributed by atoms with van der Waals surface area (Å²) in [6, 6.07) is 9.28. The van der Waals surface area contributed by atoms with Gasteiger partial charge in [0, 0.05) is 27.7 Å². The van der Waals surface area contributed by atoms with Gasteiger partial charge in [0.15, 0.2) is 16.3 Å². The Kier molecular flexibility index (Phi) is 9.12. The molecule has 0 amide bonds. The van der Waals surface area contributed by atoms with Crippen molar-refractivity contribution >= 4 is 45.0 Å². The van der Waals surface area contributed by atoms with Crippen LogP contribution in [-0.2, 0) is 9.53 Å². The topological polar surface area (TPSA) is 135 Å². The zero-order valence-electron chi connectivity index (χ0n) is 25.4. The predicted molar refractivity (Wildman–Crippen MR) is 173 cm³/mol. The van der Waals surface area contributed by atoms with E-state index in [1.807, 2.05) is 13.0 Å². The number of hydrogen-bond acceptors (Lipinski definition) is 10. The molecule has 2 aromatic carbocycles. The molecule has 0 radical (unpaired) electrons. The number of benzene rings is 2. The number of nitrogens with zero attached hydrogens (tertiary/aromatic N) is 3. The first-order valence-electron chi connectivity index (χ1n) is 14.0. The van der Waals surface area contributed by atoms with Crippen LogP contribution in [0.4, 0.5) is 5.69 Å². The summed E-state index contributed by atoms with van der Waals surface area (Å²) in [6.07, 6.45) is 1.59. The number of aryl methyl sites for hydroxylation is 1. The molecule has 234 valence electrons. The smallest absolute Gasteiger partial charge is 0.338 e. The van der Waals surface area contributed by atoms with Crippen molar-refractivity contribution in [1.29, 1.82) is 0 Å². The Morgan fingerprint density at radius 2 is 1.91 bits per heavy atom. The van der Waals surface area contributed by atoms with Gasteiger partial charge >= 0.3 is 5.97 Å². The lowest BCUT2D eigenvalue weighted by atomic mass is 9.95. The molecule has 4 aromatic rings. The van der Waals surface area contributed by atoms with Gasteiger partial charge < -0.3 is 18.6 Å². The van der Waals surface area contributed by atoms with Gasteiger partial charge in [-0.3, -0.25) is 19.5 Å². The number of furan rings is 1. The molecule has 3 heterocycles. The van der Waals surface area contributed by atoms with Crippen molar-refractivity contribution in [1.82, 2.24) is 4.57 Å². The van der Waals surface area contributed by atoms with E-state index in [0.717, 1.165) is 16.9 Å². The van der Waals surface area contributed by atoms with E-state index in [1.165, 1.54) is 17.7 Å². The second-order valence-corrected chi connectivity index (χ2v) is 12.0. The number of hydrogen-bond donors (Lipinski definition) is 0. The SMILES string of the molecule is CCOC(=O)C1=C(C)N=c2s/c(=C/c3ccc(-c4cc(C)c(C)c([N+](=O)[O-])c4)o3)c(=O)n2[C@@H]1c1cc(OC)c(OCC)cc1Br. The van der Waals surface area contributed by atoms with E-state index in [9.17, 15) is 19.7 Å². The number of carbonyl (C=O) groups excluding carboxylic acids is 1. The Hall–Kier alpha value is -4.49. The van der Waals surface area contributed by atoms with Crippen LogP contribution in [0.1, 0.15) is 49.3 Å². The van der Waals surface area contributed by atoms with Crippen molar-refractivity contribution in [3.8, 4) is 22.8 Å². The van der Waals surface area contributed by atoms with E-state index in [0.29, 0.717) is 65.8 Å². The van der Waals surface area contributed by atoms with Crippen molar-refractivity contribution in [2.45, 2.75) is 40.7 Å². The van der Waals surface area contributed by atoms with Crippen LogP contribution < -0.4 is 24.4 Å². The van der Waals surface area contributed by atoms with Gasteiger partial charge in [0.05, 0.1) is 47.1 Å². The molecule has 0 bridgehead atoms. The number of methoxy groups -OCH3 is 1. The number of aromatic nitrogens is 1. The highest BCUT2D eigenvalue weighted by Gasteiger charge is 2.35. The van der Waals surface area contributed by atoms with Crippen LogP contribution in [0.5, 0.6) is 11.5 Å². The molecule has 45 heavy (non-hydrogen) atoms. The van der Waals surface area contributed by atoms with Crippen molar-refractivity contribution in [3.05, 3.63) is 104 Å². The number of esters is 1. The van der Waals surface area contributed by atoms with Gasteiger partial charge in [0.2, 0.25) is 0 Å². The zero-order valence-corrected chi connectivity index (χ0v) is 27.8. The molecule has 5 rings (SSSR count). The number of allylic oxidation sites excluding steroid dienone is 1. The number of halogens is 1. The fourth-order valence-electron chi connectivity index (χ4n) is 5.16. The number of rotatable bonds is 9. The lowest BCUT2D eigenvalue weighted by Crippen LogP contribution is -2.40. The Balaban J connectivity index is 1.66. The predicted octanol–water partition coefficient (Wildman–Crippen LogP) is 5.75. The van der Waals surface area contributed by atoms with Gasteiger partial charge in [-0.05, 0) is 76.1 Å². The lowest BCUT2D eigenvalue weighted by Gasteiger charge is -2.26. The fourth-order valence-corrected chi connectivity index (χ4v) is 6.73. The highest BCUT2D eigenvalue weighted by molar-refractivity contribution is 9.10. The molecule has 1 atom stereocenters. The van der Waals surface area contributed by atoms with E-state index in [-0.39, 0.29) is 17.9 Å². The van der Waals surface area contributed by atoms with Gasteiger partial charge in [0.25, 0.3) is 11.2 Å². The number of nitro benzene ring substituents is 1. The van der Waals surface area contributed by atoms with Crippen LogP contribution in [-0.4, -0.2) is 35.8 Å². The first kappa shape index (κ1) is 31.9. The standard InChI is InChI=1S/C32H30BrN3O8S/c1-7-42-26-15-22(33)21(14-25(26)41-6)29-28(31(38)43-8-2)18(5)34-32-35(29)30(37)27(45-32)13-20-9-10-24(44-20)19-11-16(3)17(4)23(12-19)36(39)40/h9-15,29H,7-8H2,1-6H3/b27-13+/t29-/m1/s1. The summed E-state index contributed by atoms with van der Waals surface area (Å²) >= 11 is 4.77. The molecule has 0 aliphatic carbocycles. The van der Waals surface area contributed by atoms with Gasteiger partial charge in [-0.15, -0.1) is 0 Å². The molecular weight excluding hydrogens is 666 g/mol. The maximum Gasteiger partial charge on any atom is 0.338 e. The molecular formula is C32H30BrN3O8S. The average molecular weight is 697 g/mol. The summed E-state index contributed by atoms with van der Waals surface area (Å²) in [6.45, 7) is 9.34. The Morgan fingerprint density at radius 3 is 2.58 bits per heavy atom. The van der Waals surface area contributed by atoms with Crippen LogP contribution in [0.25, 0.3) is 17.4 Å². The summed E-state index contributed by atoms with van der Waals surface area (Å²) in [7, 11) is 1.52. The zero-order chi connectivity index (χ0) is 32.6. The third kappa shape index (κ3) is 5.97. The van der Waals surface area contributed by atoms with Gasteiger partial charge in [0.1, 0.15) is 11.5 Å². The third-order valence-electron chi connectivity index (χ3n) is 7.42. The monoisotopic (exact) mass is 695 g/mol.